The smallest absolute Gasteiger partial charge is 0.316 e. The van der Waals surface area contributed by atoms with Gasteiger partial charge in [0, 0.05) is 45.5 Å². The van der Waals surface area contributed by atoms with Crippen molar-refractivity contribution in [2.75, 3.05) is 26.2 Å². The lowest BCUT2D eigenvalue weighted by atomic mass is 10.0. The quantitative estimate of drug-likeness (QED) is 0.724. The van der Waals surface area contributed by atoms with Gasteiger partial charge in [0.1, 0.15) is 0 Å². The number of aromatic nitrogens is 2. The molecule has 2 fully saturated rings. The molecule has 104 valence electrons. The van der Waals surface area contributed by atoms with Crippen LogP contribution in [0.15, 0.2) is 15.7 Å². The highest BCUT2D eigenvalue weighted by molar-refractivity contribution is 5.04. The zero-order valence-electron chi connectivity index (χ0n) is 11.4. The van der Waals surface area contributed by atoms with Crippen molar-refractivity contribution < 1.29 is 0 Å². The second-order valence-electron chi connectivity index (χ2n) is 5.75. The van der Waals surface area contributed by atoms with Crippen LogP contribution in [0.4, 0.5) is 0 Å². The standard InChI is InChI=1S/C13H20N4O2/c1-15-11(3-12(18)16(2)13(15)19)8-17-6-9-4-14-5-10(9)7-17/h3,9-10,14H,4-8H2,1-2H3. The summed E-state index contributed by atoms with van der Waals surface area (Å²) in [4.78, 5) is 25.9. The maximum atomic E-state index is 11.9. The molecule has 2 saturated heterocycles. The third-order valence-corrected chi connectivity index (χ3v) is 4.48. The van der Waals surface area contributed by atoms with E-state index in [2.05, 4.69) is 10.2 Å². The summed E-state index contributed by atoms with van der Waals surface area (Å²) in [5.74, 6) is 1.45. The number of rotatable bonds is 2. The minimum atomic E-state index is -0.247. The van der Waals surface area contributed by atoms with Gasteiger partial charge >= 0.3 is 5.69 Å². The van der Waals surface area contributed by atoms with Gasteiger partial charge in [0.15, 0.2) is 0 Å². The average molecular weight is 264 g/mol. The van der Waals surface area contributed by atoms with E-state index in [1.807, 2.05) is 0 Å². The summed E-state index contributed by atoms with van der Waals surface area (Å²) in [6, 6.07) is 1.58. The predicted octanol–water partition coefficient (Wildman–Crippen LogP) is -1.26. The number of nitrogens with zero attached hydrogens (tertiary/aromatic N) is 3. The Labute approximate surface area is 111 Å². The van der Waals surface area contributed by atoms with Crippen molar-refractivity contribution in [2.24, 2.45) is 25.9 Å². The summed E-state index contributed by atoms with van der Waals surface area (Å²) in [7, 11) is 3.25. The molecular formula is C13H20N4O2. The van der Waals surface area contributed by atoms with Crippen LogP contribution >= 0.6 is 0 Å². The Balaban J connectivity index is 1.81. The lowest BCUT2D eigenvalue weighted by molar-refractivity contribution is 0.296. The third-order valence-electron chi connectivity index (χ3n) is 4.48. The molecule has 0 amide bonds. The van der Waals surface area contributed by atoms with Gasteiger partial charge in [0.05, 0.1) is 0 Å². The van der Waals surface area contributed by atoms with E-state index in [9.17, 15) is 9.59 Å². The highest BCUT2D eigenvalue weighted by Crippen LogP contribution is 2.26. The molecule has 0 spiro atoms. The first-order valence-corrected chi connectivity index (χ1v) is 6.75. The summed E-state index contributed by atoms with van der Waals surface area (Å²) in [6.45, 7) is 4.99. The molecule has 19 heavy (non-hydrogen) atoms. The Morgan fingerprint density at radius 3 is 2.42 bits per heavy atom. The maximum Gasteiger partial charge on any atom is 0.330 e. The lowest BCUT2D eigenvalue weighted by Crippen LogP contribution is -2.39. The van der Waals surface area contributed by atoms with Crippen molar-refractivity contribution in [3.8, 4) is 0 Å². The van der Waals surface area contributed by atoms with Crippen LogP contribution < -0.4 is 16.6 Å². The van der Waals surface area contributed by atoms with Gasteiger partial charge in [-0.1, -0.05) is 0 Å². The van der Waals surface area contributed by atoms with Crippen molar-refractivity contribution >= 4 is 0 Å². The molecule has 1 aromatic heterocycles. The van der Waals surface area contributed by atoms with Crippen LogP contribution in [0.25, 0.3) is 0 Å². The topological polar surface area (TPSA) is 59.3 Å². The van der Waals surface area contributed by atoms with E-state index in [1.54, 1.807) is 17.7 Å². The van der Waals surface area contributed by atoms with E-state index in [0.717, 1.165) is 48.3 Å². The fourth-order valence-corrected chi connectivity index (χ4v) is 3.24. The fraction of sp³-hybridized carbons (Fsp3) is 0.692. The van der Waals surface area contributed by atoms with Crippen molar-refractivity contribution in [3.05, 3.63) is 32.6 Å². The number of fused-ring (bicyclic) bond motifs is 1. The van der Waals surface area contributed by atoms with Gasteiger partial charge < -0.3 is 5.32 Å². The first-order valence-electron chi connectivity index (χ1n) is 6.75. The number of nitrogens with one attached hydrogen (secondary N) is 1. The van der Waals surface area contributed by atoms with Crippen molar-refractivity contribution in [1.29, 1.82) is 0 Å². The largest absolute Gasteiger partial charge is 0.330 e. The Morgan fingerprint density at radius 1 is 1.16 bits per heavy atom. The first-order chi connectivity index (χ1) is 9.06. The van der Waals surface area contributed by atoms with Crippen molar-refractivity contribution in [1.82, 2.24) is 19.4 Å². The van der Waals surface area contributed by atoms with E-state index in [1.165, 1.54) is 7.05 Å². The predicted molar refractivity (Wildman–Crippen MR) is 72.1 cm³/mol. The minimum Gasteiger partial charge on any atom is -0.316 e. The van der Waals surface area contributed by atoms with Crippen LogP contribution in [0.2, 0.25) is 0 Å². The Kier molecular flexibility index (Phi) is 3.06. The van der Waals surface area contributed by atoms with E-state index < -0.39 is 0 Å². The fourth-order valence-electron chi connectivity index (χ4n) is 3.24. The van der Waals surface area contributed by atoms with Crippen molar-refractivity contribution in [3.63, 3.8) is 0 Å². The molecular weight excluding hydrogens is 244 g/mol. The number of likely N-dealkylation sites (tertiary alicyclic amines) is 1. The van der Waals surface area contributed by atoms with Crippen LogP contribution in [0.5, 0.6) is 0 Å². The van der Waals surface area contributed by atoms with Crippen LogP contribution in [0.3, 0.4) is 0 Å². The molecule has 2 aliphatic rings. The summed E-state index contributed by atoms with van der Waals surface area (Å²) in [6.07, 6.45) is 0. The molecule has 6 heteroatoms. The highest BCUT2D eigenvalue weighted by atomic mass is 16.2. The summed E-state index contributed by atoms with van der Waals surface area (Å²) in [5.41, 5.74) is 0.337. The van der Waals surface area contributed by atoms with Crippen LogP contribution in [-0.2, 0) is 20.6 Å². The molecule has 0 aliphatic carbocycles. The number of hydrogen-bond acceptors (Lipinski definition) is 4. The molecule has 1 aromatic rings. The number of hydrogen-bond donors (Lipinski definition) is 1. The highest BCUT2D eigenvalue weighted by Gasteiger charge is 2.36. The third kappa shape index (κ3) is 2.15. The zero-order chi connectivity index (χ0) is 13.6. The molecule has 3 heterocycles. The van der Waals surface area contributed by atoms with E-state index >= 15 is 0 Å². The van der Waals surface area contributed by atoms with E-state index in [-0.39, 0.29) is 11.2 Å². The van der Waals surface area contributed by atoms with Crippen LogP contribution in [0, 0.1) is 11.8 Å². The Hall–Kier alpha value is -1.40. The molecule has 0 radical (unpaired) electrons. The Morgan fingerprint density at radius 2 is 1.79 bits per heavy atom. The van der Waals surface area contributed by atoms with Crippen LogP contribution in [0.1, 0.15) is 5.69 Å². The monoisotopic (exact) mass is 264 g/mol. The van der Waals surface area contributed by atoms with Crippen molar-refractivity contribution in [2.45, 2.75) is 6.54 Å². The summed E-state index contributed by atoms with van der Waals surface area (Å²) < 4.78 is 2.72. The lowest BCUT2D eigenvalue weighted by Gasteiger charge is -2.18. The SMILES string of the molecule is Cn1c(CN2CC3CNCC3C2)cc(=O)n(C)c1=O. The Bertz CT molecular complexity index is 592. The normalized spacial score (nSPS) is 26.8. The van der Waals surface area contributed by atoms with E-state index in [4.69, 9.17) is 0 Å². The summed E-state index contributed by atoms with van der Waals surface area (Å²) >= 11 is 0. The molecule has 6 nitrogen and oxygen atoms in total. The second-order valence-corrected chi connectivity index (χ2v) is 5.75. The molecule has 0 aromatic carbocycles. The maximum absolute atomic E-state index is 11.9. The second kappa shape index (κ2) is 4.61. The van der Waals surface area contributed by atoms with Gasteiger partial charge in [-0.15, -0.1) is 0 Å². The van der Waals surface area contributed by atoms with Gasteiger partial charge in [0.25, 0.3) is 5.56 Å². The molecule has 3 rings (SSSR count). The van der Waals surface area contributed by atoms with Gasteiger partial charge in [-0.25, -0.2) is 4.79 Å². The zero-order valence-corrected chi connectivity index (χ0v) is 11.4. The molecule has 2 unspecified atom stereocenters. The van der Waals surface area contributed by atoms with E-state index in [0.29, 0.717) is 6.54 Å². The van der Waals surface area contributed by atoms with Gasteiger partial charge in [-0.3, -0.25) is 18.8 Å². The molecule has 0 bridgehead atoms. The molecule has 2 aliphatic heterocycles. The first kappa shape index (κ1) is 12.6. The summed E-state index contributed by atoms with van der Waals surface area (Å²) in [5, 5.41) is 3.41. The molecule has 2 atom stereocenters. The molecule has 0 saturated carbocycles. The molecule has 1 N–H and O–H groups in total. The average Bonchev–Trinajstić information content (AvgIpc) is 2.94. The van der Waals surface area contributed by atoms with Crippen LogP contribution in [-0.4, -0.2) is 40.2 Å². The minimum absolute atomic E-state index is 0.223. The van der Waals surface area contributed by atoms with Gasteiger partial charge in [-0.2, -0.15) is 0 Å². The van der Waals surface area contributed by atoms with Gasteiger partial charge in [-0.05, 0) is 24.9 Å². The van der Waals surface area contributed by atoms with Gasteiger partial charge in [0.2, 0.25) is 0 Å².